The summed E-state index contributed by atoms with van der Waals surface area (Å²) in [5.41, 5.74) is -0.704. The van der Waals surface area contributed by atoms with Gasteiger partial charge in [0.2, 0.25) is 0 Å². The van der Waals surface area contributed by atoms with Gasteiger partial charge in [-0.15, -0.1) is 0 Å². The van der Waals surface area contributed by atoms with Gasteiger partial charge >= 0.3 is 16.2 Å². The molecule has 0 aromatic heterocycles. The fraction of sp³-hybridized carbons (Fsp3) is 0.364. The van der Waals surface area contributed by atoms with E-state index in [1.165, 1.54) is 13.0 Å². The van der Waals surface area contributed by atoms with Crippen molar-refractivity contribution in [2.24, 2.45) is 0 Å². The molecule has 1 aromatic carbocycles. The van der Waals surface area contributed by atoms with E-state index >= 15 is 0 Å². The molecule has 1 aromatic rings. The fourth-order valence-corrected chi connectivity index (χ4v) is 2.26. The van der Waals surface area contributed by atoms with E-state index in [2.05, 4.69) is 0 Å². The number of carboxylic acids is 1. The van der Waals surface area contributed by atoms with Crippen molar-refractivity contribution in [3.05, 3.63) is 29.3 Å². The predicted molar refractivity (Wildman–Crippen MR) is 68.5 cm³/mol. The summed E-state index contributed by atoms with van der Waals surface area (Å²) in [7, 11) is -3.12. The van der Waals surface area contributed by atoms with Crippen molar-refractivity contribution in [2.45, 2.75) is 13.3 Å². The highest BCUT2D eigenvalue weighted by molar-refractivity contribution is 7.90. The van der Waals surface area contributed by atoms with Crippen LogP contribution in [0, 0.1) is 18.6 Å². The molecule has 0 amide bonds. The maximum atomic E-state index is 13.7. The molecule has 20 heavy (non-hydrogen) atoms. The normalized spacial score (nSPS) is 11.7. The molecule has 1 rings (SSSR count). The van der Waals surface area contributed by atoms with Gasteiger partial charge in [0.15, 0.2) is 5.82 Å². The van der Waals surface area contributed by atoms with E-state index < -0.39 is 39.9 Å². The second-order valence-electron chi connectivity index (χ2n) is 4.13. The van der Waals surface area contributed by atoms with Gasteiger partial charge in [-0.05, 0) is 18.6 Å². The van der Waals surface area contributed by atoms with E-state index in [0.717, 1.165) is 13.1 Å². The number of carboxylic acid groups (broad SMARTS) is 1. The Balaban J connectivity index is 2.97. The minimum Gasteiger partial charge on any atom is -0.481 e. The molecule has 6 nitrogen and oxygen atoms in total. The summed E-state index contributed by atoms with van der Waals surface area (Å²) in [4.78, 5) is 10.4. The number of hydrogen-bond acceptors (Lipinski definition) is 3. The van der Waals surface area contributed by atoms with E-state index in [0.29, 0.717) is 4.31 Å². The Morgan fingerprint density at radius 3 is 2.55 bits per heavy atom. The van der Waals surface area contributed by atoms with Gasteiger partial charge < -0.3 is 5.11 Å². The standard InChI is InChI=1S/C11H14F2N2O4S/c1-7-3-4-8(12)11(10(7)13)14-20(18,19)15(2)6-5-9(16)17/h3-4,14H,5-6H2,1-2H3,(H,16,17). The van der Waals surface area contributed by atoms with Gasteiger partial charge in [0, 0.05) is 13.6 Å². The zero-order valence-corrected chi connectivity index (χ0v) is 11.7. The van der Waals surface area contributed by atoms with Crippen molar-refractivity contribution in [1.82, 2.24) is 4.31 Å². The lowest BCUT2D eigenvalue weighted by molar-refractivity contribution is -0.137. The van der Waals surface area contributed by atoms with Crippen molar-refractivity contribution in [1.29, 1.82) is 0 Å². The third-order valence-corrected chi connectivity index (χ3v) is 4.03. The molecule has 0 aliphatic carbocycles. The van der Waals surface area contributed by atoms with Crippen molar-refractivity contribution < 1.29 is 27.1 Å². The molecule has 9 heteroatoms. The Labute approximate surface area is 115 Å². The largest absolute Gasteiger partial charge is 0.481 e. The number of aryl methyl sites for hydroxylation is 1. The van der Waals surface area contributed by atoms with Gasteiger partial charge in [0.25, 0.3) is 0 Å². The molecule has 0 fully saturated rings. The molecular formula is C11H14F2N2O4S. The molecule has 2 N–H and O–H groups in total. The third-order valence-electron chi connectivity index (χ3n) is 2.57. The van der Waals surface area contributed by atoms with Crippen molar-refractivity contribution >= 4 is 21.9 Å². The first-order chi connectivity index (χ1) is 9.15. The summed E-state index contributed by atoms with van der Waals surface area (Å²) in [6.07, 6.45) is -0.420. The maximum Gasteiger partial charge on any atom is 0.304 e. The van der Waals surface area contributed by atoms with Crippen LogP contribution in [0.15, 0.2) is 12.1 Å². The Bertz CT molecular complexity index is 619. The van der Waals surface area contributed by atoms with Gasteiger partial charge in [0.05, 0.1) is 6.42 Å². The quantitative estimate of drug-likeness (QED) is 0.830. The van der Waals surface area contributed by atoms with Crippen molar-refractivity contribution in [2.75, 3.05) is 18.3 Å². The number of nitrogens with one attached hydrogen (secondary N) is 1. The average molecular weight is 308 g/mol. The van der Waals surface area contributed by atoms with Crippen LogP contribution < -0.4 is 4.72 Å². The molecule has 0 radical (unpaired) electrons. The summed E-state index contributed by atoms with van der Waals surface area (Å²) in [5, 5.41) is 8.48. The van der Waals surface area contributed by atoms with Gasteiger partial charge in [-0.2, -0.15) is 12.7 Å². The van der Waals surface area contributed by atoms with Crippen LogP contribution in [0.4, 0.5) is 14.5 Å². The fourth-order valence-electron chi connectivity index (χ4n) is 1.33. The number of hydrogen-bond donors (Lipinski definition) is 2. The summed E-state index contributed by atoms with van der Waals surface area (Å²) < 4.78 is 53.2. The average Bonchev–Trinajstić information content (AvgIpc) is 2.36. The van der Waals surface area contributed by atoms with Crippen LogP contribution in [-0.4, -0.2) is 37.4 Å². The van der Waals surface area contributed by atoms with E-state index in [1.807, 2.05) is 0 Å². The molecular weight excluding hydrogens is 294 g/mol. The third kappa shape index (κ3) is 3.87. The Kier molecular flexibility index (Phi) is 5.01. The van der Waals surface area contributed by atoms with E-state index in [-0.39, 0.29) is 12.1 Å². The smallest absolute Gasteiger partial charge is 0.304 e. The first kappa shape index (κ1) is 16.3. The summed E-state index contributed by atoms with van der Waals surface area (Å²) in [6.45, 7) is 1.04. The monoisotopic (exact) mass is 308 g/mol. The van der Waals surface area contributed by atoms with Crippen molar-refractivity contribution in [3.8, 4) is 0 Å². The van der Waals surface area contributed by atoms with Gasteiger partial charge in [-0.25, -0.2) is 8.78 Å². The topological polar surface area (TPSA) is 86.7 Å². The minimum atomic E-state index is -4.23. The maximum absolute atomic E-state index is 13.7. The van der Waals surface area contributed by atoms with E-state index in [9.17, 15) is 22.0 Å². The number of anilines is 1. The van der Waals surface area contributed by atoms with Crippen LogP contribution in [0.5, 0.6) is 0 Å². The molecule has 0 saturated carbocycles. The highest BCUT2D eigenvalue weighted by Gasteiger charge is 2.22. The number of rotatable bonds is 6. The number of benzene rings is 1. The molecule has 0 aliphatic rings. The van der Waals surface area contributed by atoms with Gasteiger partial charge in [0.1, 0.15) is 11.5 Å². The Morgan fingerprint density at radius 1 is 1.40 bits per heavy atom. The van der Waals surface area contributed by atoms with Crippen LogP contribution in [0.1, 0.15) is 12.0 Å². The zero-order chi connectivity index (χ0) is 15.5. The lowest BCUT2D eigenvalue weighted by atomic mass is 10.2. The molecule has 0 bridgehead atoms. The molecule has 0 atom stereocenters. The molecule has 0 spiro atoms. The number of carbonyl (C=O) groups is 1. The minimum absolute atomic E-state index is 0.0808. The second kappa shape index (κ2) is 6.14. The van der Waals surface area contributed by atoms with Crippen LogP contribution in [0.25, 0.3) is 0 Å². The second-order valence-corrected chi connectivity index (χ2v) is 5.90. The predicted octanol–water partition coefficient (Wildman–Crippen LogP) is 1.34. The number of halogens is 2. The summed E-state index contributed by atoms with van der Waals surface area (Å²) in [5.74, 6) is -3.25. The van der Waals surface area contributed by atoms with Crippen molar-refractivity contribution in [3.63, 3.8) is 0 Å². The SMILES string of the molecule is Cc1ccc(F)c(NS(=O)(=O)N(C)CCC(=O)O)c1F. The van der Waals surface area contributed by atoms with E-state index in [4.69, 9.17) is 5.11 Å². The molecule has 0 aliphatic heterocycles. The van der Waals surface area contributed by atoms with Crippen LogP contribution in [0.3, 0.4) is 0 Å². The highest BCUT2D eigenvalue weighted by atomic mass is 32.2. The van der Waals surface area contributed by atoms with Gasteiger partial charge in [-0.3, -0.25) is 9.52 Å². The lowest BCUT2D eigenvalue weighted by Gasteiger charge is -2.18. The molecule has 0 unspecified atom stereocenters. The Morgan fingerprint density at radius 2 is 2.00 bits per heavy atom. The van der Waals surface area contributed by atoms with Crippen LogP contribution in [0.2, 0.25) is 0 Å². The highest BCUT2D eigenvalue weighted by Crippen LogP contribution is 2.23. The van der Waals surface area contributed by atoms with Crippen LogP contribution in [-0.2, 0) is 15.0 Å². The molecule has 112 valence electrons. The first-order valence-electron chi connectivity index (χ1n) is 5.55. The lowest BCUT2D eigenvalue weighted by Crippen LogP contribution is -2.34. The summed E-state index contributed by atoms with van der Waals surface area (Å²) in [6, 6.07) is 2.12. The van der Waals surface area contributed by atoms with E-state index in [1.54, 1.807) is 4.72 Å². The zero-order valence-electron chi connectivity index (χ0n) is 10.9. The Hall–Kier alpha value is -1.74. The molecule has 0 saturated heterocycles. The molecule has 0 heterocycles. The summed E-state index contributed by atoms with van der Waals surface area (Å²) >= 11 is 0. The number of aliphatic carboxylic acids is 1. The first-order valence-corrected chi connectivity index (χ1v) is 6.99. The number of nitrogens with zero attached hydrogens (tertiary/aromatic N) is 1. The van der Waals surface area contributed by atoms with Gasteiger partial charge in [-0.1, -0.05) is 6.07 Å². The van der Waals surface area contributed by atoms with Crippen LogP contribution >= 0.6 is 0 Å².